The Morgan fingerprint density at radius 2 is 1.85 bits per heavy atom. The average Bonchev–Trinajstić information content (AvgIpc) is 3.26. The third kappa shape index (κ3) is 6.70. The summed E-state index contributed by atoms with van der Waals surface area (Å²) in [5.41, 5.74) is 4.42. The van der Waals surface area contributed by atoms with Gasteiger partial charge in [0.1, 0.15) is 5.58 Å². The fourth-order valence-electron chi connectivity index (χ4n) is 4.98. The predicted molar refractivity (Wildman–Crippen MR) is 137 cm³/mol. The van der Waals surface area contributed by atoms with E-state index in [1.54, 1.807) is 0 Å². The first-order valence-corrected chi connectivity index (χ1v) is 12.8. The largest absolute Gasteiger partial charge is 0.464 e. The molecule has 0 radical (unpaired) electrons. The number of benzene rings is 2. The molecule has 0 unspecified atom stereocenters. The predicted octanol–water partition coefficient (Wildman–Crippen LogP) is 7.15. The van der Waals surface area contributed by atoms with Gasteiger partial charge in [-0.25, -0.2) is 0 Å². The summed E-state index contributed by atoms with van der Waals surface area (Å²) >= 11 is 0. The van der Waals surface area contributed by atoms with E-state index in [0.717, 1.165) is 35.9 Å². The van der Waals surface area contributed by atoms with Crippen molar-refractivity contribution in [2.75, 3.05) is 25.0 Å². The first kappa shape index (κ1) is 23.6. The van der Waals surface area contributed by atoms with Gasteiger partial charge in [-0.15, -0.1) is 0 Å². The fraction of sp³-hybridized carbons (Fsp3) is 0.483. The number of piperidine rings is 1. The monoisotopic (exact) mass is 446 g/mol. The van der Waals surface area contributed by atoms with Crippen molar-refractivity contribution >= 4 is 22.6 Å². The van der Waals surface area contributed by atoms with Gasteiger partial charge in [-0.05, 0) is 87.8 Å². The highest BCUT2D eigenvalue weighted by atomic mass is 16.3. The zero-order chi connectivity index (χ0) is 22.9. The summed E-state index contributed by atoms with van der Waals surface area (Å²) in [6.45, 7) is 5.83. The summed E-state index contributed by atoms with van der Waals surface area (Å²) in [5.74, 6) is 0.630. The van der Waals surface area contributed by atoms with E-state index in [1.807, 2.05) is 24.5 Å². The van der Waals surface area contributed by atoms with Crippen LogP contribution in [0, 0.1) is 0 Å². The molecule has 1 fully saturated rings. The lowest BCUT2D eigenvalue weighted by atomic mass is 9.89. The Hall–Kier alpha value is -2.59. The van der Waals surface area contributed by atoms with Gasteiger partial charge in [-0.2, -0.15) is 0 Å². The number of nitrogens with zero attached hydrogens (tertiary/aromatic N) is 1. The van der Waals surface area contributed by atoms with Crippen LogP contribution in [-0.2, 0) is 11.2 Å². The molecule has 1 aliphatic rings. The maximum absolute atomic E-state index is 12.5. The molecule has 0 atom stereocenters. The molecule has 1 saturated heterocycles. The van der Waals surface area contributed by atoms with E-state index in [-0.39, 0.29) is 5.91 Å². The first-order chi connectivity index (χ1) is 16.2. The highest BCUT2D eigenvalue weighted by Crippen LogP contribution is 2.35. The van der Waals surface area contributed by atoms with Gasteiger partial charge in [-0.3, -0.25) is 4.79 Å². The summed E-state index contributed by atoms with van der Waals surface area (Å²) in [7, 11) is 0. The molecule has 3 aromatic rings. The van der Waals surface area contributed by atoms with E-state index in [9.17, 15) is 4.79 Å². The number of carbonyl (C=O) groups is 1. The third-order valence-electron chi connectivity index (χ3n) is 6.95. The summed E-state index contributed by atoms with van der Waals surface area (Å²) in [6, 6.07) is 16.5. The number of nitrogens with one attached hydrogen (secondary N) is 1. The van der Waals surface area contributed by atoms with Crippen LogP contribution in [0.4, 0.5) is 5.69 Å². The Labute approximate surface area is 198 Å². The highest BCUT2D eigenvalue weighted by molar-refractivity contribution is 5.94. The molecule has 2 aromatic carbocycles. The van der Waals surface area contributed by atoms with Crippen molar-refractivity contribution in [2.45, 2.75) is 70.6 Å². The molecular formula is C29H38N2O2. The fourth-order valence-corrected chi connectivity index (χ4v) is 4.98. The average molecular weight is 447 g/mol. The normalized spacial score (nSPS) is 15.2. The quantitative estimate of drug-likeness (QED) is 0.318. The van der Waals surface area contributed by atoms with Crippen molar-refractivity contribution in [1.82, 2.24) is 4.90 Å². The third-order valence-corrected chi connectivity index (χ3v) is 6.95. The molecule has 4 heteroatoms. The van der Waals surface area contributed by atoms with E-state index in [2.05, 4.69) is 47.5 Å². The van der Waals surface area contributed by atoms with Crippen molar-refractivity contribution < 1.29 is 9.21 Å². The molecule has 1 aliphatic heterocycles. The second-order valence-electron chi connectivity index (χ2n) is 9.47. The van der Waals surface area contributed by atoms with Crippen molar-refractivity contribution in [3.63, 3.8) is 0 Å². The van der Waals surface area contributed by atoms with Crippen LogP contribution >= 0.6 is 0 Å². The van der Waals surface area contributed by atoms with Crippen LogP contribution in [0.25, 0.3) is 11.0 Å². The van der Waals surface area contributed by atoms with Crippen molar-refractivity contribution in [2.24, 2.45) is 0 Å². The Kier molecular flexibility index (Phi) is 8.59. The van der Waals surface area contributed by atoms with E-state index in [0.29, 0.717) is 12.3 Å². The molecule has 1 aromatic heterocycles. The summed E-state index contributed by atoms with van der Waals surface area (Å²) in [5, 5.41) is 4.25. The highest BCUT2D eigenvalue weighted by Gasteiger charge is 2.23. The number of carbonyl (C=O) groups excluding carboxylic acids is 1. The molecule has 1 amide bonds. The number of aryl methyl sites for hydroxylation is 1. The van der Waals surface area contributed by atoms with Crippen LogP contribution in [0.1, 0.15) is 75.3 Å². The van der Waals surface area contributed by atoms with Gasteiger partial charge in [0, 0.05) is 23.1 Å². The number of unbranched alkanes of at least 4 members (excludes halogenated alkanes) is 3. The van der Waals surface area contributed by atoms with Crippen molar-refractivity contribution in [1.29, 1.82) is 0 Å². The molecule has 0 spiro atoms. The van der Waals surface area contributed by atoms with Crippen LogP contribution in [0.2, 0.25) is 0 Å². The van der Waals surface area contributed by atoms with Gasteiger partial charge in [0.25, 0.3) is 0 Å². The number of hydrogen-bond donors (Lipinski definition) is 1. The van der Waals surface area contributed by atoms with Crippen LogP contribution < -0.4 is 5.32 Å². The lowest BCUT2D eigenvalue weighted by Gasteiger charge is -2.31. The van der Waals surface area contributed by atoms with Crippen LogP contribution in [0.3, 0.4) is 0 Å². The zero-order valence-electron chi connectivity index (χ0n) is 20.0. The standard InChI is InChI=1S/C29H38N2O2/c1-2-3-9-18-31-19-16-24(17-20-31)27-22-33-28-15-14-25(21-26(27)28)30-29(32)13-8-7-12-23-10-5-4-6-11-23/h4-6,10-11,14-15,21-22,24H,2-3,7-9,12-13,16-20H2,1H3,(H,30,32). The maximum Gasteiger partial charge on any atom is 0.224 e. The van der Waals surface area contributed by atoms with Gasteiger partial charge in [-0.1, -0.05) is 50.1 Å². The number of anilines is 1. The lowest BCUT2D eigenvalue weighted by Crippen LogP contribution is -2.33. The van der Waals surface area contributed by atoms with Gasteiger partial charge >= 0.3 is 0 Å². The Morgan fingerprint density at radius 1 is 1.03 bits per heavy atom. The Bertz CT molecular complexity index is 1000. The number of amides is 1. The molecule has 2 heterocycles. The summed E-state index contributed by atoms with van der Waals surface area (Å²) < 4.78 is 5.86. The topological polar surface area (TPSA) is 45.5 Å². The van der Waals surface area contributed by atoms with Gasteiger partial charge in [0.05, 0.1) is 6.26 Å². The zero-order valence-corrected chi connectivity index (χ0v) is 20.0. The first-order valence-electron chi connectivity index (χ1n) is 12.8. The molecule has 33 heavy (non-hydrogen) atoms. The van der Waals surface area contributed by atoms with E-state index in [4.69, 9.17) is 4.42 Å². The molecule has 4 rings (SSSR count). The van der Waals surface area contributed by atoms with E-state index < -0.39 is 0 Å². The Balaban J connectivity index is 1.28. The van der Waals surface area contributed by atoms with Crippen molar-refractivity contribution in [3.05, 3.63) is 65.9 Å². The summed E-state index contributed by atoms with van der Waals surface area (Å²) in [6.07, 6.45) is 11.7. The molecule has 0 aliphatic carbocycles. The van der Waals surface area contributed by atoms with E-state index in [1.165, 1.54) is 62.9 Å². The van der Waals surface area contributed by atoms with Crippen LogP contribution in [-0.4, -0.2) is 30.4 Å². The molecule has 0 bridgehead atoms. The van der Waals surface area contributed by atoms with E-state index >= 15 is 0 Å². The minimum Gasteiger partial charge on any atom is -0.464 e. The lowest BCUT2D eigenvalue weighted by molar-refractivity contribution is -0.116. The molecule has 176 valence electrons. The molecule has 1 N–H and O–H groups in total. The SMILES string of the molecule is CCCCCN1CCC(c2coc3ccc(NC(=O)CCCCc4ccccc4)cc23)CC1. The second kappa shape index (κ2) is 12.0. The number of rotatable bonds is 11. The molecule has 0 saturated carbocycles. The summed E-state index contributed by atoms with van der Waals surface area (Å²) in [4.78, 5) is 15.1. The smallest absolute Gasteiger partial charge is 0.224 e. The van der Waals surface area contributed by atoms with Crippen LogP contribution in [0.5, 0.6) is 0 Å². The number of hydrogen-bond acceptors (Lipinski definition) is 3. The number of likely N-dealkylation sites (tertiary alicyclic amines) is 1. The van der Waals surface area contributed by atoms with Gasteiger partial charge in [0.15, 0.2) is 0 Å². The minimum atomic E-state index is 0.0906. The minimum absolute atomic E-state index is 0.0906. The number of fused-ring (bicyclic) bond motifs is 1. The number of furan rings is 1. The maximum atomic E-state index is 12.5. The Morgan fingerprint density at radius 3 is 2.64 bits per heavy atom. The molecular weight excluding hydrogens is 408 g/mol. The second-order valence-corrected chi connectivity index (χ2v) is 9.47. The van der Waals surface area contributed by atoms with Crippen molar-refractivity contribution in [3.8, 4) is 0 Å². The molecule has 4 nitrogen and oxygen atoms in total. The van der Waals surface area contributed by atoms with Gasteiger partial charge in [0.2, 0.25) is 5.91 Å². The van der Waals surface area contributed by atoms with Crippen LogP contribution in [0.15, 0.2) is 59.2 Å². The van der Waals surface area contributed by atoms with Gasteiger partial charge < -0.3 is 14.6 Å².